The van der Waals surface area contributed by atoms with Gasteiger partial charge >= 0.3 is 5.97 Å². The molecule has 0 heterocycles. The topological polar surface area (TPSA) is 55.8 Å². The van der Waals surface area contributed by atoms with Gasteiger partial charge in [-0.2, -0.15) is 0 Å². The predicted octanol–water partition coefficient (Wildman–Crippen LogP) is 9.13. The van der Waals surface area contributed by atoms with E-state index in [4.69, 9.17) is 9.47 Å². The van der Waals surface area contributed by atoms with Crippen LogP contribution in [0.3, 0.4) is 0 Å². The number of hydrogen-bond acceptors (Lipinski definition) is 3. The minimum absolute atomic E-state index is 0.0173. The molecule has 3 aromatic rings. The second-order valence-electron chi connectivity index (χ2n) is 13.4. The van der Waals surface area contributed by atoms with Crippen LogP contribution in [0.5, 0.6) is 11.5 Å². The third kappa shape index (κ3) is 5.92. The summed E-state index contributed by atoms with van der Waals surface area (Å²) in [5.74, 6) is 1.54. The van der Waals surface area contributed by atoms with Gasteiger partial charge in [-0.15, -0.1) is 0 Å². The van der Waals surface area contributed by atoms with Gasteiger partial charge < -0.3 is 14.6 Å². The minimum atomic E-state index is -0.739. The molecule has 0 amide bonds. The number of hydrogen-bond donors (Lipinski definition) is 1. The monoisotopic (exact) mass is 538 g/mol. The van der Waals surface area contributed by atoms with E-state index in [0.29, 0.717) is 18.6 Å². The van der Waals surface area contributed by atoms with Crippen molar-refractivity contribution in [1.82, 2.24) is 0 Å². The third-order valence-corrected chi connectivity index (χ3v) is 9.65. The van der Waals surface area contributed by atoms with Crippen LogP contribution in [0.25, 0.3) is 11.1 Å². The van der Waals surface area contributed by atoms with E-state index in [1.807, 2.05) is 12.1 Å². The Morgan fingerprint density at radius 2 is 1.70 bits per heavy atom. The van der Waals surface area contributed by atoms with E-state index in [0.717, 1.165) is 48.3 Å². The first kappa shape index (κ1) is 26.9. The zero-order valence-corrected chi connectivity index (χ0v) is 24.1. The average Bonchev–Trinajstić information content (AvgIpc) is 3.86. The fourth-order valence-corrected chi connectivity index (χ4v) is 6.75. The van der Waals surface area contributed by atoms with Crippen molar-refractivity contribution >= 4 is 5.97 Å². The van der Waals surface area contributed by atoms with Crippen molar-refractivity contribution in [3.8, 4) is 22.6 Å². The molecule has 0 aliphatic heterocycles. The number of carboxylic acid groups (broad SMARTS) is 1. The van der Waals surface area contributed by atoms with Crippen LogP contribution in [-0.2, 0) is 11.4 Å². The maximum absolute atomic E-state index is 11.6. The lowest BCUT2D eigenvalue weighted by Crippen LogP contribution is -2.16. The van der Waals surface area contributed by atoms with Gasteiger partial charge in [-0.1, -0.05) is 69.7 Å². The summed E-state index contributed by atoms with van der Waals surface area (Å²) in [7, 11) is 0. The van der Waals surface area contributed by atoms with Gasteiger partial charge in [-0.05, 0) is 113 Å². The summed E-state index contributed by atoms with van der Waals surface area (Å²) in [4.78, 5) is 11.6. The number of ether oxygens (including phenoxy) is 2. The highest BCUT2D eigenvalue weighted by Crippen LogP contribution is 2.57. The SMILES string of the molecule is CC1(C)CCC[C@@H]1c1cc(COc2cccc([C@H](CC(=O)O)C3(C)CC3)c2)ccc1-c1cccc(OC2CC2)c1. The van der Waals surface area contributed by atoms with E-state index < -0.39 is 5.97 Å². The summed E-state index contributed by atoms with van der Waals surface area (Å²) in [5.41, 5.74) is 6.48. The number of rotatable bonds is 11. The number of carboxylic acids is 1. The molecule has 3 aliphatic rings. The quantitative estimate of drug-likeness (QED) is 0.264. The molecule has 210 valence electrons. The second-order valence-corrected chi connectivity index (χ2v) is 13.4. The third-order valence-electron chi connectivity index (χ3n) is 9.65. The van der Waals surface area contributed by atoms with Crippen molar-refractivity contribution in [2.24, 2.45) is 10.8 Å². The Bertz CT molecular complexity index is 1380. The Morgan fingerprint density at radius 1 is 0.925 bits per heavy atom. The van der Waals surface area contributed by atoms with Crippen molar-refractivity contribution in [3.63, 3.8) is 0 Å². The molecule has 0 unspecified atom stereocenters. The van der Waals surface area contributed by atoms with Crippen molar-refractivity contribution < 1.29 is 19.4 Å². The van der Waals surface area contributed by atoms with Crippen LogP contribution in [0.2, 0.25) is 0 Å². The highest BCUT2D eigenvalue weighted by atomic mass is 16.5. The van der Waals surface area contributed by atoms with Crippen LogP contribution in [0.1, 0.15) is 101 Å². The summed E-state index contributed by atoms with van der Waals surface area (Å²) in [6.07, 6.45) is 8.72. The number of carbonyl (C=O) groups is 1. The molecule has 0 bridgehead atoms. The van der Waals surface area contributed by atoms with Crippen LogP contribution >= 0.6 is 0 Å². The number of aliphatic carboxylic acids is 1. The van der Waals surface area contributed by atoms with Crippen molar-refractivity contribution in [1.29, 1.82) is 0 Å². The molecular formula is C36H42O4. The van der Waals surface area contributed by atoms with Crippen LogP contribution < -0.4 is 9.47 Å². The zero-order chi connectivity index (χ0) is 27.9. The zero-order valence-electron chi connectivity index (χ0n) is 24.1. The fraction of sp³-hybridized carbons (Fsp3) is 0.472. The van der Waals surface area contributed by atoms with Gasteiger partial charge in [-0.25, -0.2) is 0 Å². The molecule has 40 heavy (non-hydrogen) atoms. The van der Waals surface area contributed by atoms with Gasteiger partial charge in [0.15, 0.2) is 0 Å². The minimum Gasteiger partial charge on any atom is -0.490 e. The summed E-state index contributed by atoms with van der Waals surface area (Å²) < 4.78 is 12.5. The van der Waals surface area contributed by atoms with E-state index in [9.17, 15) is 9.90 Å². The first-order chi connectivity index (χ1) is 19.2. The lowest BCUT2D eigenvalue weighted by molar-refractivity contribution is -0.137. The predicted molar refractivity (Wildman–Crippen MR) is 159 cm³/mol. The molecule has 0 aromatic heterocycles. The molecule has 3 saturated carbocycles. The first-order valence-corrected chi connectivity index (χ1v) is 15.0. The standard InChI is InChI=1S/C36H42O4/c1-35(2)16-6-11-32(35)31-19-24(12-15-30(31)25-7-4-10-29(20-25)40-27-13-14-27)23-39-28-9-5-8-26(21-28)33(22-34(37)38)36(3)17-18-36/h4-5,7-10,12,15,19-21,27,32-33H,6,11,13-14,16-18,22-23H2,1-3H3,(H,37,38)/t32-,33+/m1/s1. The summed E-state index contributed by atoms with van der Waals surface area (Å²) in [6, 6.07) is 23.5. The van der Waals surface area contributed by atoms with Gasteiger partial charge in [0.1, 0.15) is 18.1 Å². The molecule has 1 N–H and O–H groups in total. The van der Waals surface area contributed by atoms with E-state index >= 15 is 0 Å². The van der Waals surface area contributed by atoms with Gasteiger partial charge in [-0.3, -0.25) is 4.79 Å². The van der Waals surface area contributed by atoms with E-state index in [1.165, 1.54) is 36.0 Å². The van der Waals surface area contributed by atoms with Gasteiger partial charge in [0.2, 0.25) is 0 Å². The Morgan fingerprint density at radius 3 is 2.40 bits per heavy atom. The summed E-state index contributed by atoms with van der Waals surface area (Å²) in [6.45, 7) is 7.50. The molecule has 3 fully saturated rings. The highest BCUT2D eigenvalue weighted by Gasteiger charge is 2.46. The number of benzene rings is 3. The average molecular weight is 539 g/mol. The highest BCUT2D eigenvalue weighted by molar-refractivity contribution is 5.70. The molecule has 2 atom stereocenters. The summed E-state index contributed by atoms with van der Waals surface area (Å²) in [5, 5.41) is 9.53. The molecule has 4 heteroatoms. The van der Waals surface area contributed by atoms with Gasteiger partial charge in [0.25, 0.3) is 0 Å². The van der Waals surface area contributed by atoms with Crippen LogP contribution in [0.15, 0.2) is 66.7 Å². The second kappa shape index (κ2) is 10.6. The molecule has 6 rings (SSSR count). The Hall–Kier alpha value is -3.27. The maximum Gasteiger partial charge on any atom is 0.303 e. The van der Waals surface area contributed by atoms with Crippen molar-refractivity contribution in [2.45, 2.75) is 96.7 Å². The molecule has 0 saturated heterocycles. The van der Waals surface area contributed by atoms with Crippen LogP contribution in [-0.4, -0.2) is 17.2 Å². The van der Waals surface area contributed by atoms with E-state index in [2.05, 4.69) is 75.4 Å². The normalized spacial score (nSPS) is 21.5. The largest absolute Gasteiger partial charge is 0.490 e. The molecule has 4 nitrogen and oxygen atoms in total. The van der Waals surface area contributed by atoms with Gasteiger partial charge in [0.05, 0.1) is 12.5 Å². The Balaban J connectivity index is 1.26. The molecule has 0 spiro atoms. The molecule has 3 aromatic carbocycles. The summed E-state index contributed by atoms with van der Waals surface area (Å²) >= 11 is 0. The van der Waals surface area contributed by atoms with Crippen LogP contribution in [0, 0.1) is 10.8 Å². The molecule has 0 radical (unpaired) electrons. The fourth-order valence-electron chi connectivity index (χ4n) is 6.75. The Kier molecular flexibility index (Phi) is 7.14. The van der Waals surface area contributed by atoms with E-state index in [-0.39, 0.29) is 23.2 Å². The van der Waals surface area contributed by atoms with Crippen LogP contribution in [0.4, 0.5) is 0 Å². The molecule has 3 aliphatic carbocycles. The van der Waals surface area contributed by atoms with Gasteiger partial charge in [0, 0.05) is 0 Å². The lowest BCUT2D eigenvalue weighted by atomic mass is 9.75. The first-order valence-electron chi connectivity index (χ1n) is 15.0. The smallest absolute Gasteiger partial charge is 0.303 e. The Labute approximate surface area is 238 Å². The van der Waals surface area contributed by atoms with Crippen molar-refractivity contribution in [2.75, 3.05) is 0 Å². The van der Waals surface area contributed by atoms with Crippen molar-refractivity contribution in [3.05, 3.63) is 83.4 Å². The van der Waals surface area contributed by atoms with E-state index in [1.54, 1.807) is 0 Å². The molecular weight excluding hydrogens is 496 g/mol. The maximum atomic E-state index is 11.6. The lowest BCUT2D eigenvalue weighted by Gasteiger charge is -2.30.